The van der Waals surface area contributed by atoms with Gasteiger partial charge in [-0.15, -0.1) is 0 Å². The number of benzene rings is 1. The molecule has 0 bridgehead atoms. The normalized spacial score (nSPS) is 16.5. The van der Waals surface area contributed by atoms with Crippen molar-refractivity contribution in [3.63, 3.8) is 0 Å². The van der Waals surface area contributed by atoms with Crippen molar-refractivity contribution in [2.45, 2.75) is 13.0 Å². The van der Waals surface area contributed by atoms with Crippen molar-refractivity contribution in [1.29, 1.82) is 0 Å². The number of ether oxygens (including phenoxy) is 1. The van der Waals surface area contributed by atoms with Crippen molar-refractivity contribution in [3.8, 4) is 0 Å². The van der Waals surface area contributed by atoms with Crippen LogP contribution in [0, 0.1) is 0 Å². The van der Waals surface area contributed by atoms with E-state index >= 15 is 0 Å². The number of hydrogen-bond acceptors (Lipinski definition) is 1. The van der Waals surface area contributed by atoms with Gasteiger partial charge in [-0.1, -0.05) is 28.6 Å². The molecule has 2 rings (SSSR count). The first-order valence-electron chi connectivity index (χ1n) is 4.32. The fourth-order valence-corrected chi connectivity index (χ4v) is 1.88. The van der Waals surface area contributed by atoms with Gasteiger partial charge in [-0.2, -0.15) is 0 Å². The van der Waals surface area contributed by atoms with Crippen molar-refractivity contribution < 1.29 is 4.74 Å². The molecule has 0 spiro atoms. The van der Waals surface area contributed by atoms with E-state index in [9.17, 15) is 0 Å². The summed E-state index contributed by atoms with van der Waals surface area (Å²) in [6.07, 6.45) is 0.934. The summed E-state index contributed by atoms with van der Waals surface area (Å²) in [4.78, 5) is 0. The molecular formula is C11H11BrO. The van der Waals surface area contributed by atoms with Crippen LogP contribution in [0.5, 0.6) is 0 Å². The predicted molar refractivity (Wildman–Crippen MR) is 57.4 cm³/mol. The van der Waals surface area contributed by atoms with Gasteiger partial charge in [-0.3, -0.25) is 0 Å². The SMILES string of the molecule is C=C1CCOCc2ccc(Br)cc21. The maximum absolute atomic E-state index is 5.46. The predicted octanol–water partition coefficient (Wildman–Crippen LogP) is 3.38. The van der Waals surface area contributed by atoms with Crippen molar-refractivity contribution >= 4 is 21.5 Å². The van der Waals surface area contributed by atoms with Crippen molar-refractivity contribution in [2.75, 3.05) is 6.61 Å². The zero-order valence-electron chi connectivity index (χ0n) is 7.35. The molecule has 0 saturated heterocycles. The molecule has 1 aliphatic heterocycles. The van der Waals surface area contributed by atoms with E-state index in [4.69, 9.17) is 4.74 Å². The van der Waals surface area contributed by atoms with Crippen LogP contribution in [-0.2, 0) is 11.3 Å². The highest BCUT2D eigenvalue weighted by molar-refractivity contribution is 9.10. The van der Waals surface area contributed by atoms with Gasteiger partial charge in [0.1, 0.15) is 0 Å². The van der Waals surface area contributed by atoms with Crippen LogP contribution in [0.2, 0.25) is 0 Å². The molecular weight excluding hydrogens is 228 g/mol. The molecule has 0 aromatic heterocycles. The molecule has 1 nitrogen and oxygen atoms in total. The first-order valence-corrected chi connectivity index (χ1v) is 5.11. The van der Waals surface area contributed by atoms with Gasteiger partial charge in [0.25, 0.3) is 0 Å². The summed E-state index contributed by atoms with van der Waals surface area (Å²) in [5.74, 6) is 0. The van der Waals surface area contributed by atoms with E-state index in [2.05, 4.69) is 34.6 Å². The van der Waals surface area contributed by atoms with Gasteiger partial charge in [-0.25, -0.2) is 0 Å². The molecule has 1 aromatic carbocycles. The Hall–Kier alpha value is -0.600. The average Bonchev–Trinajstić information content (AvgIpc) is 2.29. The van der Waals surface area contributed by atoms with E-state index in [-0.39, 0.29) is 0 Å². The highest BCUT2D eigenvalue weighted by atomic mass is 79.9. The Morgan fingerprint density at radius 1 is 1.38 bits per heavy atom. The van der Waals surface area contributed by atoms with Gasteiger partial charge in [0.2, 0.25) is 0 Å². The molecule has 13 heavy (non-hydrogen) atoms. The van der Waals surface area contributed by atoms with Crippen LogP contribution in [-0.4, -0.2) is 6.61 Å². The first kappa shape index (κ1) is 8.97. The molecule has 0 saturated carbocycles. The third kappa shape index (κ3) is 1.84. The highest BCUT2D eigenvalue weighted by Crippen LogP contribution is 2.27. The Kier molecular flexibility index (Phi) is 2.51. The second-order valence-corrected chi connectivity index (χ2v) is 4.12. The number of halogens is 1. The summed E-state index contributed by atoms with van der Waals surface area (Å²) in [6, 6.07) is 6.25. The van der Waals surface area contributed by atoms with Gasteiger partial charge in [-0.05, 0) is 35.3 Å². The lowest BCUT2D eigenvalue weighted by Gasteiger charge is -2.06. The summed E-state index contributed by atoms with van der Waals surface area (Å²) in [7, 11) is 0. The second-order valence-electron chi connectivity index (χ2n) is 3.21. The van der Waals surface area contributed by atoms with Crippen LogP contribution in [0.15, 0.2) is 29.3 Å². The second kappa shape index (κ2) is 3.64. The lowest BCUT2D eigenvalue weighted by atomic mass is 10.0. The number of fused-ring (bicyclic) bond motifs is 1. The zero-order chi connectivity index (χ0) is 9.26. The molecule has 0 fully saturated rings. The minimum atomic E-state index is 0.710. The first-order chi connectivity index (χ1) is 6.27. The Morgan fingerprint density at radius 3 is 3.08 bits per heavy atom. The quantitative estimate of drug-likeness (QED) is 0.674. The summed E-state index contributed by atoms with van der Waals surface area (Å²) < 4.78 is 6.56. The molecule has 2 heteroatoms. The standard InChI is InChI=1S/C11H11BrO/c1-8-4-5-13-7-9-2-3-10(12)6-11(8)9/h2-3,6H,1,4-5,7H2. The molecule has 0 unspecified atom stereocenters. The van der Waals surface area contributed by atoms with Gasteiger partial charge >= 0.3 is 0 Å². The largest absolute Gasteiger partial charge is 0.376 e. The molecule has 0 aliphatic carbocycles. The van der Waals surface area contributed by atoms with Crippen LogP contribution in [0.1, 0.15) is 17.5 Å². The van der Waals surface area contributed by atoms with Gasteiger partial charge in [0.05, 0.1) is 13.2 Å². The fourth-order valence-electron chi connectivity index (χ4n) is 1.52. The van der Waals surface area contributed by atoms with Gasteiger partial charge < -0.3 is 4.74 Å². The average molecular weight is 239 g/mol. The molecule has 1 aliphatic rings. The molecule has 0 N–H and O–H groups in total. The Labute approximate surface area is 86.5 Å². The van der Waals surface area contributed by atoms with Crippen LogP contribution >= 0.6 is 15.9 Å². The van der Waals surface area contributed by atoms with Crippen LogP contribution in [0.4, 0.5) is 0 Å². The van der Waals surface area contributed by atoms with Gasteiger partial charge in [0.15, 0.2) is 0 Å². The summed E-state index contributed by atoms with van der Waals surface area (Å²) in [5.41, 5.74) is 3.66. The number of rotatable bonds is 0. The molecule has 0 radical (unpaired) electrons. The smallest absolute Gasteiger partial charge is 0.0722 e. The molecule has 0 atom stereocenters. The van der Waals surface area contributed by atoms with Crippen molar-refractivity contribution in [1.82, 2.24) is 0 Å². The van der Waals surface area contributed by atoms with E-state index in [1.807, 2.05) is 6.07 Å². The monoisotopic (exact) mass is 238 g/mol. The lowest BCUT2D eigenvalue weighted by Crippen LogP contribution is -1.90. The van der Waals surface area contributed by atoms with Crippen molar-refractivity contribution in [2.24, 2.45) is 0 Å². The summed E-state index contributed by atoms with van der Waals surface area (Å²) >= 11 is 3.46. The fraction of sp³-hybridized carbons (Fsp3) is 0.273. The zero-order valence-corrected chi connectivity index (χ0v) is 8.93. The third-order valence-electron chi connectivity index (χ3n) is 2.26. The minimum Gasteiger partial charge on any atom is -0.376 e. The third-order valence-corrected chi connectivity index (χ3v) is 2.75. The van der Waals surface area contributed by atoms with Crippen molar-refractivity contribution in [3.05, 3.63) is 40.4 Å². The maximum atomic E-state index is 5.46. The van der Waals surface area contributed by atoms with Gasteiger partial charge in [0, 0.05) is 4.47 Å². The molecule has 68 valence electrons. The van der Waals surface area contributed by atoms with E-state index in [1.54, 1.807) is 0 Å². The highest BCUT2D eigenvalue weighted by Gasteiger charge is 2.10. The maximum Gasteiger partial charge on any atom is 0.0722 e. The molecule has 1 aromatic rings. The van der Waals surface area contributed by atoms with E-state index in [0.29, 0.717) is 6.61 Å². The Balaban J connectivity index is 2.49. The Morgan fingerprint density at radius 2 is 2.23 bits per heavy atom. The number of hydrogen-bond donors (Lipinski definition) is 0. The topological polar surface area (TPSA) is 9.23 Å². The van der Waals surface area contributed by atoms with Crippen LogP contribution < -0.4 is 0 Å². The van der Waals surface area contributed by atoms with E-state index in [1.165, 1.54) is 16.7 Å². The Bertz CT molecular complexity index is 344. The van der Waals surface area contributed by atoms with Crippen LogP contribution in [0.3, 0.4) is 0 Å². The van der Waals surface area contributed by atoms with Crippen LogP contribution in [0.25, 0.3) is 5.57 Å². The lowest BCUT2D eigenvalue weighted by molar-refractivity contribution is 0.130. The summed E-state index contributed by atoms with van der Waals surface area (Å²) in [6.45, 7) is 5.55. The molecule has 0 amide bonds. The van der Waals surface area contributed by atoms with E-state index < -0.39 is 0 Å². The molecule has 1 heterocycles. The van der Waals surface area contributed by atoms with E-state index in [0.717, 1.165) is 17.5 Å². The minimum absolute atomic E-state index is 0.710. The summed E-state index contributed by atoms with van der Waals surface area (Å²) in [5, 5.41) is 0.